The number of hydrogen-bond acceptors (Lipinski definition) is 3. The van der Waals surface area contributed by atoms with E-state index in [0.29, 0.717) is 18.8 Å². The Morgan fingerprint density at radius 3 is 2.25 bits per heavy atom. The summed E-state index contributed by atoms with van der Waals surface area (Å²) < 4.78 is 0. The van der Waals surface area contributed by atoms with Crippen LogP contribution in [0.1, 0.15) is 17.5 Å². The lowest BCUT2D eigenvalue weighted by atomic mass is 10.1. The van der Waals surface area contributed by atoms with E-state index in [4.69, 9.17) is 10.6 Å². The molecule has 0 saturated heterocycles. The zero-order valence-electron chi connectivity index (χ0n) is 13.9. The van der Waals surface area contributed by atoms with Gasteiger partial charge in [0.1, 0.15) is 5.84 Å². The second kappa shape index (κ2) is 9.35. The lowest BCUT2D eigenvalue weighted by Crippen LogP contribution is -2.29. The highest BCUT2D eigenvalue weighted by atomic mass is 16.6. The van der Waals surface area contributed by atoms with Crippen LogP contribution in [-0.2, 0) is 22.6 Å². The fourth-order valence-electron chi connectivity index (χ4n) is 2.19. The standard InChI is InChI=1S/C19H23N3O2/c1-22(14-17-10-6-3-7-11-17)19(23)15-24-21-18(20)13-12-16-8-4-2-5-9-16/h2-11H,12-15H2,1H3,(H2,20,21). The van der Waals surface area contributed by atoms with E-state index in [0.717, 1.165) is 12.0 Å². The second-order valence-electron chi connectivity index (χ2n) is 5.58. The predicted octanol–water partition coefficient (Wildman–Crippen LogP) is 2.57. The monoisotopic (exact) mass is 325 g/mol. The minimum absolute atomic E-state index is 0.116. The van der Waals surface area contributed by atoms with Crippen LogP contribution in [0.5, 0.6) is 0 Å². The molecule has 0 saturated carbocycles. The van der Waals surface area contributed by atoms with Crippen molar-refractivity contribution in [2.75, 3.05) is 13.7 Å². The second-order valence-corrected chi connectivity index (χ2v) is 5.58. The van der Waals surface area contributed by atoms with E-state index in [-0.39, 0.29) is 12.5 Å². The number of nitrogens with two attached hydrogens (primary N) is 1. The summed E-state index contributed by atoms with van der Waals surface area (Å²) in [6.45, 7) is 0.422. The van der Waals surface area contributed by atoms with E-state index >= 15 is 0 Å². The van der Waals surface area contributed by atoms with Gasteiger partial charge in [0.2, 0.25) is 0 Å². The summed E-state index contributed by atoms with van der Waals surface area (Å²) in [7, 11) is 1.74. The van der Waals surface area contributed by atoms with Crippen molar-refractivity contribution in [2.24, 2.45) is 10.9 Å². The molecule has 0 aliphatic heterocycles. The molecule has 24 heavy (non-hydrogen) atoms. The molecule has 2 aromatic rings. The van der Waals surface area contributed by atoms with E-state index < -0.39 is 0 Å². The molecule has 0 aliphatic rings. The summed E-state index contributed by atoms with van der Waals surface area (Å²) in [4.78, 5) is 18.7. The summed E-state index contributed by atoms with van der Waals surface area (Å²) in [5.74, 6) is 0.246. The van der Waals surface area contributed by atoms with E-state index in [2.05, 4.69) is 5.16 Å². The van der Waals surface area contributed by atoms with Gasteiger partial charge in [-0.25, -0.2) is 0 Å². The van der Waals surface area contributed by atoms with Crippen molar-refractivity contribution in [1.82, 2.24) is 4.90 Å². The number of likely N-dealkylation sites (N-methyl/N-ethyl adjacent to an activating group) is 1. The Morgan fingerprint density at radius 1 is 1.04 bits per heavy atom. The van der Waals surface area contributed by atoms with Crippen LogP contribution >= 0.6 is 0 Å². The average molecular weight is 325 g/mol. The van der Waals surface area contributed by atoms with Gasteiger partial charge in [-0.15, -0.1) is 0 Å². The molecule has 0 spiro atoms. The van der Waals surface area contributed by atoms with Crippen molar-refractivity contribution in [3.05, 3.63) is 71.8 Å². The maximum Gasteiger partial charge on any atom is 0.263 e. The lowest BCUT2D eigenvalue weighted by molar-refractivity contribution is -0.135. The first-order valence-corrected chi connectivity index (χ1v) is 7.91. The van der Waals surface area contributed by atoms with Crippen molar-refractivity contribution in [3.63, 3.8) is 0 Å². The third kappa shape index (κ3) is 6.12. The largest absolute Gasteiger partial charge is 0.384 e. The first-order chi connectivity index (χ1) is 11.6. The highest BCUT2D eigenvalue weighted by molar-refractivity contribution is 5.80. The minimum atomic E-state index is -0.140. The van der Waals surface area contributed by atoms with Gasteiger partial charge in [-0.1, -0.05) is 65.8 Å². The van der Waals surface area contributed by atoms with Gasteiger partial charge < -0.3 is 15.5 Å². The van der Waals surface area contributed by atoms with Gasteiger partial charge >= 0.3 is 0 Å². The Hall–Kier alpha value is -2.82. The molecule has 126 valence electrons. The van der Waals surface area contributed by atoms with Crippen molar-refractivity contribution in [1.29, 1.82) is 0 Å². The first kappa shape index (κ1) is 17.5. The van der Waals surface area contributed by atoms with E-state index in [9.17, 15) is 4.79 Å². The quantitative estimate of drug-likeness (QED) is 0.461. The molecule has 0 unspecified atom stereocenters. The van der Waals surface area contributed by atoms with E-state index in [1.807, 2.05) is 60.7 Å². The van der Waals surface area contributed by atoms with Crippen molar-refractivity contribution < 1.29 is 9.63 Å². The molecule has 1 amide bonds. The fourth-order valence-corrected chi connectivity index (χ4v) is 2.19. The Kier molecular flexibility index (Phi) is 6.83. The van der Waals surface area contributed by atoms with Crippen LogP contribution in [0.4, 0.5) is 0 Å². The van der Waals surface area contributed by atoms with Crippen LogP contribution in [0.2, 0.25) is 0 Å². The molecule has 5 heteroatoms. The number of aryl methyl sites for hydroxylation is 1. The third-order valence-electron chi connectivity index (χ3n) is 3.57. The highest BCUT2D eigenvalue weighted by Gasteiger charge is 2.09. The van der Waals surface area contributed by atoms with Crippen LogP contribution in [-0.4, -0.2) is 30.3 Å². The molecule has 0 aliphatic carbocycles. The third-order valence-corrected chi connectivity index (χ3v) is 3.57. The number of carbonyl (C=O) groups is 1. The fraction of sp³-hybridized carbons (Fsp3) is 0.263. The average Bonchev–Trinajstić information content (AvgIpc) is 2.61. The SMILES string of the molecule is CN(Cc1ccccc1)C(=O)CO/N=C(\N)CCc1ccccc1. The lowest BCUT2D eigenvalue weighted by Gasteiger charge is -2.16. The molecule has 0 fully saturated rings. The van der Waals surface area contributed by atoms with Crippen molar-refractivity contribution in [3.8, 4) is 0 Å². The predicted molar refractivity (Wildman–Crippen MR) is 95.3 cm³/mol. The van der Waals surface area contributed by atoms with E-state index in [1.165, 1.54) is 5.56 Å². The van der Waals surface area contributed by atoms with Crippen LogP contribution < -0.4 is 5.73 Å². The first-order valence-electron chi connectivity index (χ1n) is 7.91. The van der Waals surface area contributed by atoms with Crippen LogP contribution in [0.3, 0.4) is 0 Å². The normalized spacial score (nSPS) is 11.1. The van der Waals surface area contributed by atoms with E-state index in [1.54, 1.807) is 11.9 Å². The van der Waals surface area contributed by atoms with Gasteiger partial charge in [-0.2, -0.15) is 0 Å². The Morgan fingerprint density at radius 2 is 1.62 bits per heavy atom. The number of rotatable bonds is 8. The maximum absolute atomic E-state index is 12.0. The van der Waals surface area contributed by atoms with Crippen LogP contribution in [0.25, 0.3) is 0 Å². The summed E-state index contributed by atoms with van der Waals surface area (Å²) >= 11 is 0. The summed E-state index contributed by atoms with van der Waals surface area (Å²) in [6, 6.07) is 19.8. The van der Waals surface area contributed by atoms with Gasteiger partial charge in [0, 0.05) is 20.0 Å². The van der Waals surface area contributed by atoms with Gasteiger partial charge in [0.05, 0.1) is 0 Å². The molecule has 0 bridgehead atoms. The number of amidine groups is 1. The summed E-state index contributed by atoms with van der Waals surface area (Å²) in [6.07, 6.45) is 1.39. The molecule has 5 nitrogen and oxygen atoms in total. The Labute approximate surface area is 142 Å². The Bertz CT molecular complexity index is 657. The zero-order valence-corrected chi connectivity index (χ0v) is 13.9. The van der Waals surface area contributed by atoms with Gasteiger partial charge in [-0.05, 0) is 17.5 Å². The van der Waals surface area contributed by atoms with Crippen LogP contribution in [0.15, 0.2) is 65.8 Å². The Balaban J connectivity index is 1.70. The summed E-state index contributed by atoms with van der Waals surface area (Å²) in [5.41, 5.74) is 8.07. The van der Waals surface area contributed by atoms with Crippen LogP contribution in [0, 0.1) is 0 Å². The summed E-state index contributed by atoms with van der Waals surface area (Å²) in [5, 5.41) is 3.82. The smallest absolute Gasteiger partial charge is 0.263 e. The number of benzene rings is 2. The number of amides is 1. The molecule has 0 radical (unpaired) electrons. The number of nitrogens with zero attached hydrogens (tertiary/aromatic N) is 2. The van der Waals surface area contributed by atoms with Gasteiger partial charge in [-0.3, -0.25) is 4.79 Å². The topological polar surface area (TPSA) is 67.9 Å². The molecule has 2 rings (SSSR count). The zero-order chi connectivity index (χ0) is 17.2. The molecular weight excluding hydrogens is 302 g/mol. The van der Waals surface area contributed by atoms with Crippen molar-refractivity contribution >= 4 is 11.7 Å². The highest BCUT2D eigenvalue weighted by Crippen LogP contribution is 2.04. The molecule has 0 heterocycles. The van der Waals surface area contributed by atoms with Gasteiger partial charge in [0.15, 0.2) is 6.61 Å². The van der Waals surface area contributed by atoms with Crippen molar-refractivity contribution in [2.45, 2.75) is 19.4 Å². The number of hydrogen-bond donors (Lipinski definition) is 1. The molecule has 0 atom stereocenters. The molecular formula is C19H23N3O2. The number of carbonyl (C=O) groups excluding carboxylic acids is 1. The number of oxime groups is 1. The maximum atomic E-state index is 12.0. The molecule has 2 N–H and O–H groups in total. The molecule has 0 aromatic heterocycles. The molecule has 2 aromatic carbocycles. The van der Waals surface area contributed by atoms with Gasteiger partial charge in [0.25, 0.3) is 5.91 Å². The minimum Gasteiger partial charge on any atom is -0.384 e.